The molecule has 2 aromatic carbocycles. The van der Waals surface area contributed by atoms with Gasteiger partial charge in [0.2, 0.25) is 9.84 Å². The number of sulfone groups is 1. The third-order valence-electron chi connectivity index (χ3n) is 5.77. The van der Waals surface area contributed by atoms with Gasteiger partial charge in [-0.1, -0.05) is 68.4 Å². The van der Waals surface area contributed by atoms with Gasteiger partial charge in [-0.25, -0.2) is 8.42 Å². The molecule has 0 saturated carbocycles. The molecule has 1 atom stereocenters. The Morgan fingerprint density at radius 1 is 0.946 bits per heavy atom. The molecule has 0 fully saturated rings. The molecule has 10 heteroatoms. The molecule has 0 bridgehead atoms. The summed E-state index contributed by atoms with van der Waals surface area (Å²) in [6.45, 7) is 7.49. The van der Waals surface area contributed by atoms with E-state index < -0.39 is 38.5 Å². The van der Waals surface area contributed by atoms with Gasteiger partial charge in [0.05, 0.1) is 30.1 Å². The lowest BCUT2D eigenvalue weighted by Crippen LogP contribution is -2.36. The van der Waals surface area contributed by atoms with E-state index in [4.69, 9.17) is 9.47 Å². The number of methoxy groups -OCH3 is 2. The number of esters is 2. The summed E-state index contributed by atoms with van der Waals surface area (Å²) < 4.78 is 38.3. The van der Waals surface area contributed by atoms with E-state index in [2.05, 4.69) is 0 Å². The van der Waals surface area contributed by atoms with E-state index in [1.807, 2.05) is 27.7 Å². The van der Waals surface area contributed by atoms with E-state index >= 15 is 0 Å². The van der Waals surface area contributed by atoms with Crippen molar-refractivity contribution in [1.29, 1.82) is 0 Å². The van der Waals surface area contributed by atoms with Crippen LogP contribution in [-0.4, -0.2) is 49.0 Å². The molecule has 3 rings (SSSR count). The molecule has 1 heterocycles. The Morgan fingerprint density at radius 2 is 1.51 bits per heavy atom. The first kappa shape index (κ1) is 28.5. The number of hydrogen-bond acceptors (Lipinski definition) is 8. The molecule has 0 aliphatic carbocycles. The van der Waals surface area contributed by atoms with Crippen LogP contribution in [0, 0.1) is 12.8 Å². The van der Waals surface area contributed by atoms with Crippen molar-refractivity contribution in [3.05, 3.63) is 60.3 Å². The van der Waals surface area contributed by atoms with Crippen molar-refractivity contribution >= 4 is 49.6 Å². The smallest absolute Gasteiger partial charge is 0.322 e. The Balaban J connectivity index is 2.27. The maximum atomic E-state index is 13.7. The molecular formula is C27H31NO7S2. The molecule has 0 amide bonds. The van der Waals surface area contributed by atoms with E-state index in [0.29, 0.717) is 10.9 Å². The summed E-state index contributed by atoms with van der Waals surface area (Å²) in [6, 6.07) is 12.2. The summed E-state index contributed by atoms with van der Waals surface area (Å²) in [5, 5.41) is 0.133. The average Bonchev–Trinajstić information content (AvgIpc) is 3.22. The molecule has 198 valence electrons. The van der Waals surface area contributed by atoms with Crippen LogP contribution in [0.15, 0.2) is 64.5 Å². The SMILES string of the molecule is COC(=O)C(C(=O)OC)[C@@H](CC(=O)SC(C)(C)C)n1cc(S(=O)(=O)c2ccc(C)cc2)c2ccccc21. The first-order valence-corrected chi connectivity index (χ1v) is 13.9. The van der Waals surface area contributed by atoms with Crippen LogP contribution in [0.5, 0.6) is 0 Å². The van der Waals surface area contributed by atoms with E-state index in [9.17, 15) is 22.8 Å². The average molecular weight is 546 g/mol. The molecule has 37 heavy (non-hydrogen) atoms. The molecule has 0 N–H and O–H groups in total. The number of aryl methyl sites for hydroxylation is 1. The van der Waals surface area contributed by atoms with Crippen molar-refractivity contribution in [2.75, 3.05) is 14.2 Å². The highest BCUT2D eigenvalue weighted by Gasteiger charge is 2.41. The van der Waals surface area contributed by atoms with Crippen molar-refractivity contribution in [3.8, 4) is 0 Å². The largest absolute Gasteiger partial charge is 0.468 e. The van der Waals surface area contributed by atoms with Crippen LogP contribution in [0.3, 0.4) is 0 Å². The number of thioether (sulfide) groups is 1. The minimum Gasteiger partial charge on any atom is -0.468 e. The van der Waals surface area contributed by atoms with Gasteiger partial charge in [-0.05, 0) is 25.1 Å². The summed E-state index contributed by atoms with van der Waals surface area (Å²) >= 11 is 1.08. The predicted molar refractivity (Wildman–Crippen MR) is 142 cm³/mol. The van der Waals surface area contributed by atoms with Crippen LogP contribution in [0.25, 0.3) is 10.9 Å². The predicted octanol–water partition coefficient (Wildman–Crippen LogP) is 4.73. The molecule has 8 nitrogen and oxygen atoms in total. The quantitative estimate of drug-likeness (QED) is 0.295. The number of ether oxygens (including phenoxy) is 2. The van der Waals surface area contributed by atoms with Gasteiger partial charge in [0.25, 0.3) is 0 Å². The highest BCUT2D eigenvalue weighted by molar-refractivity contribution is 8.14. The molecular weight excluding hydrogens is 514 g/mol. The first-order valence-electron chi connectivity index (χ1n) is 11.6. The van der Waals surface area contributed by atoms with E-state index in [0.717, 1.165) is 31.5 Å². The molecule has 0 aliphatic rings. The number of aromatic nitrogens is 1. The Kier molecular flexibility index (Phi) is 8.54. The zero-order valence-electron chi connectivity index (χ0n) is 21.7. The standard InChI is InChI=1S/C27H31NO7S2/c1-17-11-13-18(14-12-17)37(32,33)22-16-28(20-10-8-7-9-19(20)22)21(15-23(29)36-27(2,3)4)24(25(30)34-5)26(31)35-6/h7-14,16,21,24H,15H2,1-6H3/t21-/m1/s1. The molecule has 1 aromatic heterocycles. The highest BCUT2D eigenvalue weighted by Crippen LogP contribution is 2.38. The zero-order valence-corrected chi connectivity index (χ0v) is 23.3. The number of para-hydroxylation sites is 1. The maximum absolute atomic E-state index is 13.7. The van der Waals surface area contributed by atoms with Crippen molar-refractivity contribution < 1.29 is 32.3 Å². The van der Waals surface area contributed by atoms with Gasteiger partial charge in [0.1, 0.15) is 0 Å². The zero-order chi connectivity index (χ0) is 27.5. The van der Waals surface area contributed by atoms with Crippen LogP contribution in [0.1, 0.15) is 38.8 Å². The molecule has 0 radical (unpaired) electrons. The van der Waals surface area contributed by atoms with E-state index in [1.54, 1.807) is 36.4 Å². The van der Waals surface area contributed by atoms with Crippen LogP contribution < -0.4 is 0 Å². The number of nitrogens with zero attached hydrogens (tertiary/aromatic N) is 1. The lowest BCUT2D eigenvalue weighted by Gasteiger charge is -2.26. The van der Waals surface area contributed by atoms with Crippen molar-refractivity contribution in [2.24, 2.45) is 5.92 Å². The molecule has 3 aromatic rings. The second kappa shape index (κ2) is 11.1. The molecule has 0 saturated heterocycles. The van der Waals surface area contributed by atoms with Gasteiger partial charge in [0.15, 0.2) is 11.0 Å². The fourth-order valence-electron chi connectivity index (χ4n) is 4.10. The van der Waals surface area contributed by atoms with Gasteiger partial charge in [-0.3, -0.25) is 14.4 Å². The Bertz CT molecular complexity index is 1400. The maximum Gasteiger partial charge on any atom is 0.322 e. The van der Waals surface area contributed by atoms with Crippen LogP contribution in [0.4, 0.5) is 0 Å². The lowest BCUT2D eigenvalue weighted by molar-refractivity contribution is -0.161. The first-order chi connectivity index (χ1) is 17.3. The summed E-state index contributed by atoms with van der Waals surface area (Å²) in [6.07, 6.45) is 1.15. The summed E-state index contributed by atoms with van der Waals surface area (Å²) in [4.78, 5) is 38.8. The van der Waals surface area contributed by atoms with Gasteiger partial charge < -0.3 is 14.0 Å². The Hall–Kier alpha value is -3.11. The van der Waals surface area contributed by atoms with Gasteiger partial charge >= 0.3 is 11.9 Å². The van der Waals surface area contributed by atoms with Crippen LogP contribution in [0.2, 0.25) is 0 Å². The number of rotatable bonds is 8. The van der Waals surface area contributed by atoms with Gasteiger partial charge in [-0.2, -0.15) is 0 Å². The third-order valence-corrected chi connectivity index (χ3v) is 8.58. The normalized spacial score (nSPS) is 12.9. The number of fused-ring (bicyclic) bond motifs is 1. The Morgan fingerprint density at radius 3 is 2.05 bits per heavy atom. The molecule has 0 unspecified atom stereocenters. The summed E-state index contributed by atoms with van der Waals surface area (Å²) in [5.74, 6) is -3.26. The van der Waals surface area contributed by atoms with Crippen molar-refractivity contribution in [1.82, 2.24) is 4.57 Å². The fraction of sp³-hybridized carbons (Fsp3) is 0.370. The number of carbonyl (C=O) groups excluding carboxylic acids is 3. The fourth-order valence-corrected chi connectivity index (χ4v) is 6.50. The van der Waals surface area contributed by atoms with Crippen LogP contribution >= 0.6 is 11.8 Å². The van der Waals surface area contributed by atoms with Crippen molar-refractivity contribution in [2.45, 2.75) is 54.7 Å². The summed E-state index contributed by atoms with van der Waals surface area (Å²) in [7, 11) is -1.69. The van der Waals surface area contributed by atoms with E-state index in [-0.39, 0.29) is 21.3 Å². The Labute approximate surface area is 221 Å². The van der Waals surface area contributed by atoms with Gasteiger partial charge in [-0.15, -0.1) is 0 Å². The minimum atomic E-state index is -3.97. The minimum absolute atomic E-state index is 0.00126. The van der Waals surface area contributed by atoms with E-state index in [1.165, 1.54) is 22.9 Å². The third kappa shape index (κ3) is 6.24. The monoisotopic (exact) mass is 545 g/mol. The number of hydrogen-bond donors (Lipinski definition) is 0. The van der Waals surface area contributed by atoms with Crippen molar-refractivity contribution in [3.63, 3.8) is 0 Å². The molecule has 0 aliphatic heterocycles. The number of carbonyl (C=O) groups is 3. The second-order valence-electron chi connectivity index (χ2n) is 9.62. The highest BCUT2D eigenvalue weighted by atomic mass is 32.2. The topological polar surface area (TPSA) is 109 Å². The van der Waals surface area contributed by atoms with Crippen LogP contribution in [-0.2, 0) is 33.7 Å². The summed E-state index contributed by atoms with van der Waals surface area (Å²) in [5.41, 5.74) is 1.36. The number of benzene rings is 2. The van der Waals surface area contributed by atoms with Gasteiger partial charge in [0, 0.05) is 28.3 Å². The lowest BCUT2D eigenvalue weighted by atomic mass is 9.96. The molecule has 0 spiro atoms. The second-order valence-corrected chi connectivity index (χ2v) is 13.4.